The van der Waals surface area contributed by atoms with Gasteiger partial charge in [0.25, 0.3) is 0 Å². The summed E-state index contributed by atoms with van der Waals surface area (Å²) in [4.78, 5) is 3.05. The van der Waals surface area contributed by atoms with E-state index in [0.29, 0.717) is 6.54 Å². The molecule has 1 N–H and O–H groups in total. The fourth-order valence-corrected chi connectivity index (χ4v) is 4.68. The minimum absolute atomic E-state index is 0.0737. The molecule has 0 aromatic carbocycles. The van der Waals surface area contributed by atoms with Crippen LogP contribution in [0.15, 0.2) is 29.2 Å². The van der Waals surface area contributed by atoms with Gasteiger partial charge < -0.3 is 10.3 Å². The largest absolute Gasteiger partial charge is 0.305 e. The smallest absolute Gasteiger partial charge is 0.190 e. The van der Waals surface area contributed by atoms with Crippen LogP contribution in [0.1, 0.15) is 10.8 Å². The van der Waals surface area contributed by atoms with E-state index >= 15 is 0 Å². The molecule has 5 nitrogen and oxygen atoms in total. The number of fused-ring (bicyclic) bond motifs is 1. The first-order chi connectivity index (χ1) is 11.1. The van der Waals surface area contributed by atoms with Crippen LogP contribution < -0.4 is 0 Å². The molecular weight excluding hydrogens is 306 g/mol. The molecule has 0 bridgehead atoms. The van der Waals surface area contributed by atoms with E-state index < -0.39 is 17.3 Å². The van der Waals surface area contributed by atoms with E-state index in [9.17, 15) is 15.8 Å². The van der Waals surface area contributed by atoms with Crippen molar-refractivity contribution in [3.63, 3.8) is 0 Å². The Hall–Kier alpha value is -2.46. The van der Waals surface area contributed by atoms with Crippen LogP contribution in [0.2, 0.25) is 0 Å². The average Bonchev–Trinajstić information content (AvgIpc) is 3.08. The molecule has 6 heteroatoms. The fourth-order valence-electron chi connectivity index (χ4n) is 3.73. The molecule has 2 heterocycles. The standard InChI is InChI=1S/C17H15N5S/c1-22-5-4-11-12(7-18)16(21)17(9-19,10-20)15(13(11)8-22)14-3-2-6-23-14/h2-4,6,12-13,15,21H,5,8H2,1H3/t12?,13-,15-/m0/s1. The van der Waals surface area contributed by atoms with Gasteiger partial charge in [0.2, 0.25) is 0 Å². The van der Waals surface area contributed by atoms with Gasteiger partial charge in [-0.2, -0.15) is 15.8 Å². The van der Waals surface area contributed by atoms with Crippen molar-refractivity contribution in [2.45, 2.75) is 5.92 Å². The zero-order valence-corrected chi connectivity index (χ0v) is 13.5. The molecule has 1 fully saturated rings. The Morgan fingerprint density at radius 1 is 1.35 bits per heavy atom. The second-order valence-corrected chi connectivity index (χ2v) is 7.01. The first kappa shape index (κ1) is 15.4. The Morgan fingerprint density at radius 3 is 2.65 bits per heavy atom. The van der Waals surface area contributed by atoms with E-state index in [2.05, 4.69) is 23.1 Å². The van der Waals surface area contributed by atoms with Gasteiger partial charge in [-0.1, -0.05) is 12.1 Å². The van der Waals surface area contributed by atoms with Crippen molar-refractivity contribution < 1.29 is 0 Å². The average molecular weight is 321 g/mol. The van der Waals surface area contributed by atoms with Crippen LogP contribution >= 0.6 is 11.3 Å². The maximum Gasteiger partial charge on any atom is 0.190 e. The molecule has 3 atom stereocenters. The number of rotatable bonds is 1. The molecule has 0 radical (unpaired) electrons. The summed E-state index contributed by atoms with van der Waals surface area (Å²) in [5, 5.41) is 39.5. The van der Waals surface area contributed by atoms with Crippen LogP contribution in [0.25, 0.3) is 0 Å². The molecule has 1 aromatic rings. The fraction of sp³-hybridized carbons (Fsp3) is 0.412. The van der Waals surface area contributed by atoms with Gasteiger partial charge >= 0.3 is 0 Å². The van der Waals surface area contributed by atoms with Crippen LogP contribution in [0, 0.1) is 56.7 Å². The van der Waals surface area contributed by atoms with E-state index in [4.69, 9.17) is 5.41 Å². The van der Waals surface area contributed by atoms with E-state index in [1.54, 1.807) is 0 Å². The summed E-state index contributed by atoms with van der Waals surface area (Å²) < 4.78 is 0. The predicted molar refractivity (Wildman–Crippen MR) is 86.6 cm³/mol. The number of nitriles is 3. The van der Waals surface area contributed by atoms with Crippen molar-refractivity contribution in [2.24, 2.45) is 17.3 Å². The normalized spacial score (nSPS) is 29.6. The number of nitrogens with zero attached hydrogens (tertiary/aromatic N) is 4. The number of nitrogens with one attached hydrogen (secondary N) is 1. The highest BCUT2D eigenvalue weighted by atomic mass is 32.1. The van der Waals surface area contributed by atoms with E-state index in [1.165, 1.54) is 11.3 Å². The van der Waals surface area contributed by atoms with Gasteiger partial charge in [-0.15, -0.1) is 11.3 Å². The number of thiophene rings is 1. The summed E-state index contributed by atoms with van der Waals surface area (Å²) in [6.45, 7) is 1.41. The third-order valence-electron chi connectivity index (χ3n) is 4.82. The van der Waals surface area contributed by atoms with Crippen LogP contribution in [-0.2, 0) is 0 Å². The third kappa shape index (κ3) is 2.10. The molecular formula is C17H15N5S. The van der Waals surface area contributed by atoms with E-state index in [1.807, 2.05) is 30.6 Å². The molecule has 1 saturated carbocycles. The Kier molecular flexibility index (Phi) is 3.78. The Morgan fingerprint density at radius 2 is 2.09 bits per heavy atom. The van der Waals surface area contributed by atoms with Gasteiger partial charge in [0.1, 0.15) is 5.92 Å². The Bertz CT molecular complexity index is 772. The molecule has 1 unspecified atom stereocenters. The topological polar surface area (TPSA) is 98.5 Å². The van der Waals surface area contributed by atoms with Gasteiger partial charge in [-0.3, -0.25) is 0 Å². The molecule has 3 rings (SSSR count). The maximum absolute atomic E-state index is 9.80. The minimum Gasteiger partial charge on any atom is -0.305 e. The first-order valence-corrected chi connectivity index (χ1v) is 8.20. The minimum atomic E-state index is -1.58. The molecule has 2 aliphatic rings. The number of hydrogen-bond acceptors (Lipinski definition) is 6. The zero-order chi connectivity index (χ0) is 16.6. The lowest BCUT2D eigenvalue weighted by molar-refractivity contribution is 0.237. The third-order valence-corrected chi connectivity index (χ3v) is 5.78. The van der Waals surface area contributed by atoms with Crippen LogP contribution in [-0.4, -0.2) is 30.7 Å². The van der Waals surface area contributed by atoms with Gasteiger partial charge in [0, 0.05) is 29.8 Å². The monoisotopic (exact) mass is 321 g/mol. The highest BCUT2D eigenvalue weighted by molar-refractivity contribution is 7.10. The second kappa shape index (κ2) is 5.63. The molecule has 1 aromatic heterocycles. The summed E-state index contributed by atoms with van der Waals surface area (Å²) in [5.74, 6) is -1.27. The highest BCUT2D eigenvalue weighted by Crippen LogP contribution is 2.54. The molecule has 114 valence electrons. The van der Waals surface area contributed by atoms with Crippen molar-refractivity contribution in [1.82, 2.24) is 4.90 Å². The Labute approximate surface area is 139 Å². The highest BCUT2D eigenvalue weighted by Gasteiger charge is 2.57. The molecule has 1 aliphatic heterocycles. The van der Waals surface area contributed by atoms with Gasteiger partial charge in [0.05, 0.1) is 23.9 Å². The lowest BCUT2D eigenvalue weighted by Crippen LogP contribution is -2.52. The van der Waals surface area contributed by atoms with Crippen molar-refractivity contribution in [1.29, 1.82) is 21.2 Å². The number of hydrogen-bond donors (Lipinski definition) is 1. The summed E-state index contributed by atoms with van der Waals surface area (Å²) in [7, 11) is 1.99. The molecule has 0 spiro atoms. The predicted octanol–water partition coefficient (Wildman–Crippen LogP) is 2.53. The zero-order valence-electron chi connectivity index (χ0n) is 12.7. The molecule has 1 aliphatic carbocycles. The van der Waals surface area contributed by atoms with Crippen LogP contribution in [0.5, 0.6) is 0 Å². The lowest BCUT2D eigenvalue weighted by atomic mass is 9.55. The SMILES string of the molecule is CN1CC=C2C(C#N)C(=N)C(C#N)(C#N)[C@H](c3cccs3)[C@H]2C1. The van der Waals surface area contributed by atoms with Crippen LogP contribution in [0.3, 0.4) is 0 Å². The van der Waals surface area contributed by atoms with Gasteiger partial charge in [0.15, 0.2) is 5.41 Å². The summed E-state index contributed by atoms with van der Waals surface area (Å²) >= 11 is 1.50. The molecule has 0 amide bonds. The van der Waals surface area contributed by atoms with E-state index in [0.717, 1.165) is 17.0 Å². The number of likely N-dealkylation sites (N-methyl/N-ethyl adjacent to an activating group) is 1. The maximum atomic E-state index is 9.80. The molecule has 0 saturated heterocycles. The quantitative estimate of drug-likeness (QED) is 0.803. The van der Waals surface area contributed by atoms with Gasteiger partial charge in [-0.25, -0.2) is 0 Å². The molecule has 23 heavy (non-hydrogen) atoms. The second-order valence-electron chi connectivity index (χ2n) is 6.03. The first-order valence-electron chi connectivity index (χ1n) is 7.32. The summed E-state index contributed by atoms with van der Waals surface area (Å²) in [5.41, 5.74) is -0.753. The Balaban J connectivity index is 2.25. The van der Waals surface area contributed by atoms with Crippen molar-refractivity contribution in [3.8, 4) is 18.2 Å². The van der Waals surface area contributed by atoms with Gasteiger partial charge in [-0.05, 0) is 24.1 Å². The van der Waals surface area contributed by atoms with Crippen LogP contribution in [0.4, 0.5) is 0 Å². The van der Waals surface area contributed by atoms with Crippen molar-refractivity contribution >= 4 is 17.0 Å². The van der Waals surface area contributed by atoms with E-state index in [-0.39, 0.29) is 11.6 Å². The van der Waals surface area contributed by atoms with Crippen molar-refractivity contribution in [3.05, 3.63) is 34.0 Å². The van der Waals surface area contributed by atoms with Crippen molar-refractivity contribution in [2.75, 3.05) is 20.1 Å². The summed E-state index contributed by atoms with van der Waals surface area (Å²) in [6.07, 6.45) is 2.00. The summed E-state index contributed by atoms with van der Waals surface area (Å²) in [6, 6.07) is 10.1. The lowest BCUT2D eigenvalue weighted by Gasteiger charge is -2.46.